The third-order valence-corrected chi connectivity index (χ3v) is 4.58. The normalized spacial score (nSPS) is 15.9. The van der Waals surface area contributed by atoms with Crippen LogP contribution in [0, 0.1) is 20.8 Å². The second-order valence-electron chi connectivity index (χ2n) is 6.53. The molecule has 0 aliphatic carbocycles. The van der Waals surface area contributed by atoms with Gasteiger partial charge in [0.2, 0.25) is 0 Å². The fraction of sp³-hybridized carbons (Fsp3) is 0.190. The van der Waals surface area contributed by atoms with Crippen LogP contribution in [0.3, 0.4) is 0 Å². The summed E-state index contributed by atoms with van der Waals surface area (Å²) >= 11 is 5.25. The van der Waals surface area contributed by atoms with Crippen LogP contribution in [0.4, 0.5) is 5.69 Å². The zero-order chi connectivity index (χ0) is 19.7. The van der Waals surface area contributed by atoms with E-state index < -0.39 is 11.8 Å². The van der Waals surface area contributed by atoms with E-state index in [0.29, 0.717) is 5.69 Å². The number of anilines is 1. The Morgan fingerprint density at radius 2 is 1.70 bits per heavy atom. The minimum absolute atomic E-state index is 0.0346. The molecule has 1 N–H and O–H groups in total. The SMILES string of the molecule is COc1ccc(/C=C2/C(=O)NC(=S)N(c3cc(C)cc(C)c3)C2=O)cc1C. The molecule has 138 valence electrons. The minimum Gasteiger partial charge on any atom is -0.496 e. The highest BCUT2D eigenvalue weighted by Gasteiger charge is 2.34. The number of ether oxygens (including phenoxy) is 1. The number of rotatable bonds is 3. The molecule has 1 heterocycles. The number of carbonyl (C=O) groups is 2. The van der Waals surface area contributed by atoms with Gasteiger partial charge in [-0.25, -0.2) is 0 Å². The summed E-state index contributed by atoms with van der Waals surface area (Å²) in [6.45, 7) is 5.80. The lowest BCUT2D eigenvalue weighted by Crippen LogP contribution is -2.54. The van der Waals surface area contributed by atoms with Gasteiger partial charge in [0.25, 0.3) is 11.8 Å². The highest BCUT2D eigenvalue weighted by molar-refractivity contribution is 7.80. The molecule has 1 fully saturated rings. The quantitative estimate of drug-likeness (QED) is 0.503. The van der Waals surface area contributed by atoms with E-state index >= 15 is 0 Å². The highest BCUT2D eigenvalue weighted by Crippen LogP contribution is 2.25. The summed E-state index contributed by atoms with van der Waals surface area (Å²) in [7, 11) is 1.60. The molecule has 6 heteroatoms. The Balaban J connectivity index is 2.03. The van der Waals surface area contributed by atoms with Crippen LogP contribution in [0.25, 0.3) is 6.08 Å². The lowest BCUT2D eigenvalue weighted by Gasteiger charge is -2.29. The fourth-order valence-electron chi connectivity index (χ4n) is 3.13. The topological polar surface area (TPSA) is 58.6 Å². The number of nitrogens with zero attached hydrogens (tertiary/aromatic N) is 1. The number of methoxy groups -OCH3 is 1. The Morgan fingerprint density at radius 3 is 2.30 bits per heavy atom. The molecule has 2 aromatic carbocycles. The van der Waals surface area contributed by atoms with E-state index in [0.717, 1.165) is 28.0 Å². The number of hydrogen-bond acceptors (Lipinski definition) is 4. The van der Waals surface area contributed by atoms with Crippen molar-refractivity contribution in [2.45, 2.75) is 20.8 Å². The number of thiocarbonyl (C=S) groups is 1. The van der Waals surface area contributed by atoms with Crippen LogP contribution in [0.15, 0.2) is 42.0 Å². The predicted molar refractivity (Wildman–Crippen MR) is 110 cm³/mol. The van der Waals surface area contributed by atoms with E-state index in [9.17, 15) is 9.59 Å². The van der Waals surface area contributed by atoms with Crippen molar-refractivity contribution in [1.82, 2.24) is 5.32 Å². The molecule has 0 bridgehead atoms. The van der Waals surface area contributed by atoms with Crippen molar-refractivity contribution in [1.29, 1.82) is 0 Å². The van der Waals surface area contributed by atoms with Gasteiger partial charge in [0.05, 0.1) is 12.8 Å². The Morgan fingerprint density at radius 1 is 1.04 bits per heavy atom. The van der Waals surface area contributed by atoms with Crippen molar-refractivity contribution < 1.29 is 14.3 Å². The van der Waals surface area contributed by atoms with Crippen LogP contribution < -0.4 is 15.0 Å². The maximum Gasteiger partial charge on any atom is 0.270 e. The average molecular weight is 380 g/mol. The lowest BCUT2D eigenvalue weighted by molar-refractivity contribution is -0.122. The molecular weight excluding hydrogens is 360 g/mol. The minimum atomic E-state index is -0.501. The third kappa shape index (κ3) is 3.75. The Kier molecular flexibility index (Phi) is 5.10. The first-order valence-corrected chi connectivity index (χ1v) is 8.85. The third-order valence-electron chi connectivity index (χ3n) is 4.30. The number of amides is 2. The highest BCUT2D eigenvalue weighted by atomic mass is 32.1. The summed E-state index contributed by atoms with van der Waals surface area (Å²) < 4.78 is 5.25. The number of nitrogens with one attached hydrogen (secondary N) is 1. The van der Waals surface area contributed by atoms with Crippen molar-refractivity contribution in [3.63, 3.8) is 0 Å². The van der Waals surface area contributed by atoms with Gasteiger partial charge in [-0.05, 0) is 85.6 Å². The van der Waals surface area contributed by atoms with Crippen LogP contribution >= 0.6 is 12.2 Å². The monoisotopic (exact) mass is 380 g/mol. The van der Waals surface area contributed by atoms with E-state index in [1.807, 2.05) is 45.0 Å². The first-order chi connectivity index (χ1) is 12.8. The summed E-state index contributed by atoms with van der Waals surface area (Å²) in [5, 5.41) is 2.69. The predicted octanol–water partition coefficient (Wildman–Crippen LogP) is 3.45. The molecule has 1 saturated heterocycles. The zero-order valence-electron chi connectivity index (χ0n) is 15.6. The summed E-state index contributed by atoms with van der Waals surface area (Å²) in [6, 6.07) is 11.2. The van der Waals surface area contributed by atoms with Gasteiger partial charge in [-0.1, -0.05) is 12.1 Å². The maximum absolute atomic E-state index is 13.1. The molecule has 0 aromatic heterocycles. The van der Waals surface area contributed by atoms with Crippen molar-refractivity contribution in [3.05, 3.63) is 64.2 Å². The van der Waals surface area contributed by atoms with Gasteiger partial charge in [0.1, 0.15) is 11.3 Å². The Bertz CT molecular complexity index is 975. The maximum atomic E-state index is 13.1. The average Bonchev–Trinajstić information content (AvgIpc) is 2.57. The zero-order valence-corrected chi connectivity index (χ0v) is 16.4. The first-order valence-electron chi connectivity index (χ1n) is 8.44. The summed E-state index contributed by atoms with van der Waals surface area (Å²) in [4.78, 5) is 26.8. The second kappa shape index (κ2) is 7.32. The molecule has 5 nitrogen and oxygen atoms in total. The Hall–Kier alpha value is -2.99. The summed E-state index contributed by atoms with van der Waals surface area (Å²) in [6.07, 6.45) is 1.57. The van der Waals surface area contributed by atoms with Crippen molar-refractivity contribution in [3.8, 4) is 5.75 Å². The number of carbonyl (C=O) groups excluding carboxylic acids is 2. The van der Waals surface area contributed by atoms with E-state index in [1.54, 1.807) is 25.3 Å². The number of hydrogen-bond donors (Lipinski definition) is 1. The molecule has 1 aliphatic rings. The van der Waals surface area contributed by atoms with Gasteiger partial charge in [-0.2, -0.15) is 0 Å². The van der Waals surface area contributed by atoms with Crippen LogP contribution in [-0.2, 0) is 9.59 Å². The smallest absolute Gasteiger partial charge is 0.270 e. The molecule has 2 amide bonds. The van der Waals surface area contributed by atoms with Gasteiger partial charge < -0.3 is 4.74 Å². The van der Waals surface area contributed by atoms with Gasteiger partial charge in [0.15, 0.2) is 5.11 Å². The van der Waals surface area contributed by atoms with Gasteiger partial charge >= 0.3 is 0 Å². The van der Waals surface area contributed by atoms with Gasteiger partial charge in [-0.3, -0.25) is 19.8 Å². The molecule has 1 aliphatic heterocycles. The lowest BCUT2D eigenvalue weighted by atomic mass is 10.0. The summed E-state index contributed by atoms with van der Waals surface area (Å²) in [5.74, 6) is -0.198. The Labute approximate surface area is 163 Å². The molecule has 27 heavy (non-hydrogen) atoms. The van der Waals surface area contributed by atoms with E-state index in [-0.39, 0.29) is 10.7 Å². The van der Waals surface area contributed by atoms with Gasteiger partial charge in [-0.15, -0.1) is 0 Å². The number of aryl methyl sites for hydroxylation is 3. The van der Waals surface area contributed by atoms with Crippen molar-refractivity contribution >= 4 is 40.9 Å². The molecule has 0 spiro atoms. The molecule has 0 saturated carbocycles. The van der Waals surface area contributed by atoms with Crippen LogP contribution in [0.2, 0.25) is 0 Å². The standard InChI is InChI=1S/C21H20N2O3S/c1-12-7-13(2)9-16(8-12)23-20(25)17(19(24)22-21(23)27)11-15-5-6-18(26-4)14(3)10-15/h5-11H,1-4H3,(H,22,24,27)/b17-11-. The largest absolute Gasteiger partial charge is 0.496 e. The molecule has 2 aromatic rings. The van der Waals surface area contributed by atoms with Crippen LogP contribution in [0.5, 0.6) is 5.75 Å². The van der Waals surface area contributed by atoms with Crippen molar-refractivity contribution in [2.24, 2.45) is 0 Å². The van der Waals surface area contributed by atoms with E-state index in [4.69, 9.17) is 17.0 Å². The molecule has 0 unspecified atom stereocenters. The first kappa shape index (κ1) is 18.8. The van der Waals surface area contributed by atoms with E-state index in [1.165, 1.54) is 4.90 Å². The molecule has 3 rings (SSSR count). The summed E-state index contributed by atoms with van der Waals surface area (Å²) in [5.41, 5.74) is 4.34. The molecular formula is C21H20N2O3S. The van der Waals surface area contributed by atoms with Crippen molar-refractivity contribution in [2.75, 3.05) is 12.0 Å². The van der Waals surface area contributed by atoms with Crippen LogP contribution in [0.1, 0.15) is 22.3 Å². The molecule has 0 radical (unpaired) electrons. The van der Waals surface area contributed by atoms with Gasteiger partial charge in [0, 0.05) is 0 Å². The number of benzene rings is 2. The molecule has 0 atom stereocenters. The second-order valence-corrected chi connectivity index (χ2v) is 6.92. The fourth-order valence-corrected chi connectivity index (χ4v) is 3.41. The van der Waals surface area contributed by atoms with E-state index in [2.05, 4.69) is 5.32 Å². The van der Waals surface area contributed by atoms with Crippen LogP contribution in [-0.4, -0.2) is 24.0 Å².